The first-order valence-corrected chi connectivity index (χ1v) is 8.54. The second-order valence-electron chi connectivity index (χ2n) is 6.51. The van der Waals surface area contributed by atoms with E-state index in [-0.39, 0.29) is 18.1 Å². The zero-order valence-electron chi connectivity index (χ0n) is 12.9. The topological polar surface area (TPSA) is 40.5 Å². The van der Waals surface area contributed by atoms with Gasteiger partial charge in [0, 0.05) is 5.41 Å². The largest absolute Gasteiger partial charge is 0.396 e. The van der Waals surface area contributed by atoms with Crippen LogP contribution < -0.4 is 0 Å². The highest BCUT2D eigenvalue weighted by molar-refractivity contribution is 4.91. The summed E-state index contributed by atoms with van der Waals surface area (Å²) < 4.78 is 0. The lowest BCUT2D eigenvalue weighted by molar-refractivity contribution is -0.00133. The fraction of sp³-hybridized carbons (Fsp3) is 1.00. The second-order valence-corrected chi connectivity index (χ2v) is 6.51. The number of hydrogen-bond donors (Lipinski definition) is 2. The molecule has 2 unspecified atom stereocenters. The molecule has 1 aliphatic rings. The Labute approximate surface area is 119 Å². The highest BCUT2D eigenvalue weighted by atomic mass is 16.3. The SMILES string of the molecule is CCCCCCCCCCCC1(CO)CCCC1O. The van der Waals surface area contributed by atoms with Crippen molar-refractivity contribution in [1.82, 2.24) is 0 Å². The molecule has 0 aromatic rings. The summed E-state index contributed by atoms with van der Waals surface area (Å²) in [5.41, 5.74) is -0.152. The number of unbranched alkanes of at least 4 members (excludes halogenated alkanes) is 8. The molecule has 2 heteroatoms. The van der Waals surface area contributed by atoms with Crippen LogP contribution in [-0.2, 0) is 0 Å². The van der Waals surface area contributed by atoms with Crippen molar-refractivity contribution in [3.8, 4) is 0 Å². The van der Waals surface area contributed by atoms with Gasteiger partial charge in [-0.1, -0.05) is 71.1 Å². The zero-order chi connectivity index (χ0) is 14.0. The number of aliphatic hydroxyl groups excluding tert-OH is 2. The Morgan fingerprint density at radius 2 is 1.53 bits per heavy atom. The van der Waals surface area contributed by atoms with Crippen LogP contribution in [0.1, 0.15) is 90.4 Å². The van der Waals surface area contributed by atoms with Crippen LogP contribution in [0.25, 0.3) is 0 Å². The molecule has 1 saturated carbocycles. The fourth-order valence-electron chi connectivity index (χ4n) is 3.46. The van der Waals surface area contributed by atoms with Gasteiger partial charge in [0.2, 0.25) is 0 Å². The normalized spacial score (nSPS) is 27.0. The third-order valence-corrected chi connectivity index (χ3v) is 4.95. The Morgan fingerprint density at radius 3 is 2.00 bits per heavy atom. The highest BCUT2D eigenvalue weighted by Crippen LogP contribution is 2.42. The fourth-order valence-corrected chi connectivity index (χ4v) is 3.46. The van der Waals surface area contributed by atoms with Gasteiger partial charge in [-0.15, -0.1) is 0 Å². The van der Waals surface area contributed by atoms with E-state index in [2.05, 4.69) is 6.92 Å². The zero-order valence-corrected chi connectivity index (χ0v) is 12.9. The minimum Gasteiger partial charge on any atom is -0.396 e. The van der Waals surface area contributed by atoms with Gasteiger partial charge in [-0.3, -0.25) is 0 Å². The van der Waals surface area contributed by atoms with E-state index in [1.165, 1.54) is 57.8 Å². The van der Waals surface area contributed by atoms with Gasteiger partial charge in [-0.05, 0) is 19.3 Å². The van der Waals surface area contributed by atoms with Gasteiger partial charge in [0.05, 0.1) is 12.7 Å². The molecule has 0 aromatic heterocycles. The summed E-state index contributed by atoms with van der Waals surface area (Å²) in [6, 6.07) is 0. The number of rotatable bonds is 11. The van der Waals surface area contributed by atoms with Crippen molar-refractivity contribution in [3.05, 3.63) is 0 Å². The molecular formula is C17H34O2. The third kappa shape index (κ3) is 5.83. The van der Waals surface area contributed by atoms with Crippen LogP contribution in [0.4, 0.5) is 0 Å². The van der Waals surface area contributed by atoms with Crippen LogP contribution in [0.5, 0.6) is 0 Å². The van der Waals surface area contributed by atoms with Crippen molar-refractivity contribution < 1.29 is 10.2 Å². The molecule has 0 amide bonds. The second kappa shape index (κ2) is 9.77. The molecule has 0 radical (unpaired) electrons. The quantitative estimate of drug-likeness (QED) is 0.545. The summed E-state index contributed by atoms with van der Waals surface area (Å²) in [5, 5.41) is 19.6. The van der Waals surface area contributed by atoms with Crippen molar-refractivity contribution in [2.75, 3.05) is 6.61 Å². The lowest BCUT2D eigenvalue weighted by Crippen LogP contribution is -2.33. The lowest BCUT2D eigenvalue weighted by atomic mass is 9.80. The van der Waals surface area contributed by atoms with Gasteiger partial charge in [0.15, 0.2) is 0 Å². The highest BCUT2D eigenvalue weighted by Gasteiger charge is 2.40. The van der Waals surface area contributed by atoms with Crippen molar-refractivity contribution in [2.24, 2.45) is 5.41 Å². The predicted molar refractivity (Wildman–Crippen MR) is 81.2 cm³/mol. The molecule has 0 heterocycles. The molecule has 19 heavy (non-hydrogen) atoms. The first-order chi connectivity index (χ1) is 9.25. The summed E-state index contributed by atoms with van der Waals surface area (Å²) in [7, 11) is 0. The molecule has 2 N–H and O–H groups in total. The maximum atomic E-state index is 10.0. The van der Waals surface area contributed by atoms with Crippen LogP contribution in [0, 0.1) is 5.41 Å². The standard InChI is InChI=1S/C17H34O2/c1-2-3-4-5-6-7-8-9-10-13-17(15-18)14-11-12-16(17)19/h16,18-19H,2-15H2,1H3. The summed E-state index contributed by atoms with van der Waals surface area (Å²) in [5.74, 6) is 0. The smallest absolute Gasteiger partial charge is 0.0618 e. The Morgan fingerprint density at radius 1 is 0.947 bits per heavy atom. The van der Waals surface area contributed by atoms with Crippen LogP contribution in [-0.4, -0.2) is 22.9 Å². The first-order valence-electron chi connectivity index (χ1n) is 8.54. The van der Waals surface area contributed by atoms with Crippen molar-refractivity contribution in [3.63, 3.8) is 0 Å². The molecule has 1 fully saturated rings. The first kappa shape index (κ1) is 17.0. The van der Waals surface area contributed by atoms with Gasteiger partial charge in [0.1, 0.15) is 0 Å². The van der Waals surface area contributed by atoms with Crippen molar-refractivity contribution >= 4 is 0 Å². The molecule has 0 aromatic carbocycles. The van der Waals surface area contributed by atoms with E-state index < -0.39 is 0 Å². The average molecular weight is 270 g/mol. The maximum absolute atomic E-state index is 10.0. The predicted octanol–water partition coefficient (Wildman–Crippen LogP) is 4.43. The van der Waals surface area contributed by atoms with Crippen LogP contribution in [0.15, 0.2) is 0 Å². The molecule has 2 nitrogen and oxygen atoms in total. The van der Waals surface area contributed by atoms with Gasteiger partial charge < -0.3 is 10.2 Å². The Bertz CT molecular complexity index is 217. The maximum Gasteiger partial charge on any atom is 0.0618 e. The van der Waals surface area contributed by atoms with E-state index in [1.807, 2.05) is 0 Å². The van der Waals surface area contributed by atoms with Gasteiger partial charge in [0.25, 0.3) is 0 Å². The Balaban J connectivity index is 1.98. The third-order valence-electron chi connectivity index (χ3n) is 4.95. The van der Waals surface area contributed by atoms with Crippen LogP contribution in [0.2, 0.25) is 0 Å². The molecule has 0 saturated heterocycles. The minimum absolute atomic E-state index is 0.152. The molecule has 0 spiro atoms. The van der Waals surface area contributed by atoms with Crippen LogP contribution >= 0.6 is 0 Å². The van der Waals surface area contributed by atoms with Gasteiger partial charge in [-0.2, -0.15) is 0 Å². The lowest BCUT2D eigenvalue weighted by Gasteiger charge is -2.30. The van der Waals surface area contributed by atoms with Crippen LogP contribution in [0.3, 0.4) is 0 Å². The number of aliphatic hydroxyl groups is 2. The van der Waals surface area contributed by atoms with E-state index in [4.69, 9.17) is 0 Å². The molecule has 114 valence electrons. The number of hydrogen-bond acceptors (Lipinski definition) is 2. The average Bonchev–Trinajstić information content (AvgIpc) is 2.79. The monoisotopic (exact) mass is 270 g/mol. The van der Waals surface area contributed by atoms with E-state index in [1.54, 1.807) is 0 Å². The van der Waals surface area contributed by atoms with Crippen molar-refractivity contribution in [1.29, 1.82) is 0 Å². The Hall–Kier alpha value is -0.0800. The van der Waals surface area contributed by atoms with E-state index in [9.17, 15) is 10.2 Å². The Kier molecular flexibility index (Phi) is 8.72. The van der Waals surface area contributed by atoms with Gasteiger partial charge >= 0.3 is 0 Å². The summed E-state index contributed by atoms with van der Waals surface area (Å²) in [6.45, 7) is 2.43. The summed E-state index contributed by atoms with van der Waals surface area (Å²) in [6.07, 6.45) is 15.8. The van der Waals surface area contributed by atoms with E-state index in [0.29, 0.717) is 0 Å². The molecule has 1 rings (SSSR count). The summed E-state index contributed by atoms with van der Waals surface area (Å²) in [4.78, 5) is 0. The molecule has 0 bridgehead atoms. The molecule has 2 atom stereocenters. The van der Waals surface area contributed by atoms with Gasteiger partial charge in [-0.25, -0.2) is 0 Å². The minimum atomic E-state index is -0.258. The van der Waals surface area contributed by atoms with E-state index in [0.717, 1.165) is 25.7 Å². The summed E-state index contributed by atoms with van der Waals surface area (Å²) >= 11 is 0. The molecular weight excluding hydrogens is 236 g/mol. The van der Waals surface area contributed by atoms with E-state index >= 15 is 0 Å². The van der Waals surface area contributed by atoms with Crippen molar-refractivity contribution in [2.45, 2.75) is 96.5 Å². The molecule has 1 aliphatic carbocycles. The molecule has 0 aliphatic heterocycles.